The lowest BCUT2D eigenvalue weighted by atomic mass is 10.2. The minimum Gasteiger partial charge on any atom is -0.484 e. The number of benzene rings is 1. The monoisotopic (exact) mass is 458 g/mol. The number of fused-ring (bicyclic) bond motifs is 1. The second kappa shape index (κ2) is 9.10. The molecule has 4 rings (SSSR count). The van der Waals surface area contributed by atoms with Crippen LogP contribution in [0, 0.1) is 0 Å². The molecule has 0 aliphatic carbocycles. The van der Waals surface area contributed by atoms with Crippen LogP contribution in [0.1, 0.15) is 5.82 Å². The number of hydrogen-bond donors (Lipinski definition) is 2. The van der Waals surface area contributed by atoms with Gasteiger partial charge in [-0.2, -0.15) is 0 Å². The predicted octanol–water partition coefficient (Wildman–Crippen LogP) is 1.58. The first-order valence-electron chi connectivity index (χ1n) is 9.60. The van der Waals surface area contributed by atoms with E-state index in [1.165, 1.54) is 23.0 Å². The summed E-state index contributed by atoms with van der Waals surface area (Å²) in [5, 5.41) is 2.79. The molecule has 3 N–H and O–H groups in total. The number of anilines is 1. The largest absolute Gasteiger partial charge is 0.484 e. The highest BCUT2D eigenvalue weighted by Gasteiger charge is 2.24. The van der Waals surface area contributed by atoms with Crippen LogP contribution in [0.5, 0.6) is 17.2 Å². The number of amides is 1. The van der Waals surface area contributed by atoms with Crippen molar-refractivity contribution in [3.05, 3.63) is 51.9 Å². The molecule has 0 bridgehead atoms. The van der Waals surface area contributed by atoms with Gasteiger partial charge in [-0.05, 0) is 6.07 Å². The van der Waals surface area contributed by atoms with E-state index in [0.29, 0.717) is 23.8 Å². The molecule has 3 aromatic rings. The van der Waals surface area contributed by atoms with Gasteiger partial charge < -0.3 is 25.3 Å². The van der Waals surface area contributed by atoms with Crippen LogP contribution in [-0.4, -0.2) is 45.4 Å². The number of aromatic nitrogens is 4. The van der Waals surface area contributed by atoms with E-state index in [-0.39, 0.29) is 53.1 Å². The lowest BCUT2D eigenvalue weighted by molar-refractivity contribution is 0.162. The van der Waals surface area contributed by atoms with Crippen LogP contribution in [0.25, 0.3) is 11.4 Å². The zero-order valence-corrected chi connectivity index (χ0v) is 17.8. The first-order chi connectivity index (χ1) is 15.4. The van der Waals surface area contributed by atoms with Crippen LogP contribution in [0.15, 0.2) is 35.5 Å². The number of nitrogens with zero attached hydrogens (tertiary/aromatic N) is 4. The molecule has 0 spiro atoms. The summed E-state index contributed by atoms with van der Waals surface area (Å²) in [6.45, 7) is 0.756. The van der Waals surface area contributed by atoms with Crippen LogP contribution >= 0.6 is 11.6 Å². The van der Waals surface area contributed by atoms with E-state index in [0.717, 1.165) is 0 Å². The highest BCUT2D eigenvalue weighted by Crippen LogP contribution is 2.47. The van der Waals surface area contributed by atoms with E-state index >= 15 is 0 Å². The first kappa shape index (κ1) is 21.4. The van der Waals surface area contributed by atoms with Crippen LogP contribution in [-0.2, 0) is 13.5 Å². The van der Waals surface area contributed by atoms with E-state index in [4.69, 9.17) is 31.5 Å². The van der Waals surface area contributed by atoms with Gasteiger partial charge in [-0.1, -0.05) is 11.6 Å². The molecule has 1 amide bonds. The van der Waals surface area contributed by atoms with Gasteiger partial charge in [-0.25, -0.2) is 19.7 Å². The molecule has 0 unspecified atom stereocenters. The standard InChI is InChI=1S/C20H19ClN6O5/c1-27-15(26-13(9-16(27)28)12-2-4-23-10-25-12)3-5-24-20(29)32-14-8-11(21)17(22)19-18(14)30-6-7-31-19/h2,4,8-10H,3,5-7,22H2,1H3,(H,24,29). The SMILES string of the molecule is Cn1c(CCNC(=O)Oc2cc(Cl)c(N)c3c2OCCO3)nc(-c2ccncn2)cc1=O. The number of nitrogens with two attached hydrogens (primary N) is 1. The maximum absolute atomic E-state index is 12.3. The summed E-state index contributed by atoms with van der Waals surface area (Å²) in [4.78, 5) is 37.0. The Morgan fingerprint density at radius 2 is 2.06 bits per heavy atom. The number of nitrogens with one attached hydrogen (secondary N) is 1. The van der Waals surface area contributed by atoms with Gasteiger partial charge in [0, 0.05) is 38.3 Å². The fourth-order valence-corrected chi connectivity index (χ4v) is 3.23. The van der Waals surface area contributed by atoms with E-state index in [1.807, 2.05) is 0 Å². The van der Waals surface area contributed by atoms with Crippen molar-refractivity contribution in [1.29, 1.82) is 0 Å². The summed E-state index contributed by atoms with van der Waals surface area (Å²) in [6.07, 6.45) is 2.48. The Hall–Kier alpha value is -3.86. The molecule has 0 saturated carbocycles. The van der Waals surface area contributed by atoms with Crippen LogP contribution in [0.4, 0.5) is 10.5 Å². The molecule has 1 aromatic carbocycles. The van der Waals surface area contributed by atoms with Gasteiger partial charge in [0.2, 0.25) is 5.75 Å². The molecule has 12 heteroatoms. The number of halogens is 1. The predicted molar refractivity (Wildman–Crippen MR) is 115 cm³/mol. The summed E-state index contributed by atoms with van der Waals surface area (Å²) in [5.74, 6) is 1.02. The molecular weight excluding hydrogens is 440 g/mol. The van der Waals surface area contributed by atoms with Gasteiger partial charge >= 0.3 is 6.09 Å². The van der Waals surface area contributed by atoms with Crippen LogP contribution in [0.2, 0.25) is 5.02 Å². The Balaban J connectivity index is 1.44. The Kier molecular flexibility index (Phi) is 6.08. The summed E-state index contributed by atoms with van der Waals surface area (Å²) >= 11 is 6.09. The van der Waals surface area contributed by atoms with Crippen molar-refractivity contribution < 1.29 is 19.0 Å². The molecule has 0 radical (unpaired) electrons. The highest BCUT2D eigenvalue weighted by atomic mass is 35.5. The fourth-order valence-electron chi connectivity index (χ4n) is 3.04. The zero-order valence-electron chi connectivity index (χ0n) is 17.0. The quantitative estimate of drug-likeness (QED) is 0.544. The van der Waals surface area contributed by atoms with Crippen molar-refractivity contribution in [3.8, 4) is 28.6 Å². The second-order valence-corrected chi connectivity index (χ2v) is 7.15. The van der Waals surface area contributed by atoms with Gasteiger partial charge in [0.15, 0.2) is 11.5 Å². The molecule has 32 heavy (non-hydrogen) atoms. The molecule has 0 saturated heterocycles. The lowest BCUT2D eigenvalue weighted by Gasteiger charge is -2.22. The number of hydrogen-bond acceptors (Lipinski definition) is 9. The number of carbonyl (C=O) groups is 1. The van der Waals surface area contributed by atoms with Crippen molar-refractivity contribution in [2.75, 3.05) is 25.5 Å². The van der Waals surface area contributed by atoms with Gasteiger partial charge in [-0.3, -0.25) is 9.36 Å². The van der Waals surface area contributed by atoms with Crippen molar-refractivity contribution in [2.24, 2.45) is 7.05 Å². The molecule has 0 atom stereocenters. The second-order valence-electron chi connectivity index (χ2n) is 6.74. The molecule has 166 valence electrons. The molecule has 1 aliphatic heterocycles. The molecule has 1 aliphatic rings. The van der Waals surface area contributed by atoms with E-state index < -0.39 is 6.09 Å². The topological polar surface area (TPSA) is 143 Å². The molecule has 3 heterocycles. The normalized spacial score (nSPS) is 12.3. The van der Waals surface area contributed by atoms with Crippen molar-refractivity contribution in [1.82, 2.24) is 24.8 Å². The molecular formula is C20H19ClN6O5. The fraction of sp³-hybridized carbons (Fsp3) is 0.250. The minimum absolute atomic E-state index is 0.0904. The minimum atomic E-state index is -0.737. The van der Waals surface area contributed by atoms with Gasteiger partial charge in [0.25, 0.3) is 5.56 Å². The van der Waals surface area contributed by atoms with E-state index in [2.05, 4.69) is 20.3 Å². The average molecular weight is 459 g/mol. The lowest BCUT2D eigenvalue weighted by Crippen LogP contribution is -2.31. The third kappa shape index (κ3) is 4.42. The van der Waals surface area contributed by atoms with E-state index in [9.17, 15) is 9.59 Å². The Labute approximate surface area is 187 Å². The highest BCUT2D eigenvalue weighted by molar-refractivity contribution is 6.33. The summed E-state index contributed by atoms with van der Waals surface area (Å²) < 4.78 is 17.7. The Morgan fingerprint density at radius 1 is 1.28 bits per heavy atom. The molecule has 11 nitrogen and oxygen atoms in total. The maximum Gasteiger partial charge on any atom is 0.412 e. The first-order valence-corrected chi connectivity index (χ1v) is 9.98. The summed E-state index contributed by atoms with van der Waals surface area (Å²) in [5.41, 5.74) is 6.81. The van der Waals surface area contributed by atoms with Crippen LogP contribution in [0.3, 0.4) is 0 Å². The molecule has 2 aromatic heterocycles. The summed E-state index contributed by atoms with van der Waals surface area (Å²) in [7, 11) is 1.60. The van der Waals surface area contributed by atoms with E-state index in [1.54, 1.807) is 19.3 Å². The third-order valence-electron chi connectivity index (χ3n) is 4.66. The number of nitrogen functional groups attached to an aromatic ring is 1. The number of rotatable bonds is 5. The third-order valence-corrected chi connectivity index (χ3v) is 4.97. The summed E-state index contributed by atoms with van der Waals surface area (Å²) in [6, 6.07) is 4.44. The number of carbonyl (C=O) groups excluding carboxylic acids is 1. The van der Waals surface area contributed by atoms with Gasteiger partial charge in [-0.15, -0.1) is 0 Å². The van der Waals surface area contributed by atoms with Crippen molar-refractivity contribution in [2.45, 2.75) is 6.42 Å². The van der Waals surface area contributed by atoms with Gasteiger partial charge in [0.05, 0.1) is 22.1 Å². The maximum atomic E-state index is 12.3. The van der Waals surface area contributed by atoms with Crippen molar-refractivity contribution >= 4 is 23.4 Å². The molecule has 0 fully saturated rings. The Morgan fingerprint density at radius 3 is 2.81 bits per heavy atom. The number of ether oxygens (including phenoxy) is 3. The zero-order chi connectivity index (χ0) is 22.7. The Bertz CT molecular complexity index is 1220. The van der Waals surface area contributed by atoms with Gasteiger partial charge in [0.1, 0.15) is 25.4 Å². The van der Waals surface area contributed by atoms with Crippen LogP contribution < -0.4 is 30.8 Å². The smallest absolute Gasteiger partial charge is 0.412 e. The van der Waals surface area contributed by atoms with Crippen molar-refractivity contribution in [3.63, 3.8) is 0 Å². The average Bonchev–Trinajstić information content (AvgIpc) is 2.80.